The Morgan fingerprint density at radius 2 is 1.82 bits per heavy atom. The molecule has 3 aliphatic carbocycles. The molecule has 190 valence electrons. The average molecular weight is 480 g/mol. The lowest BCUT2D eigenvalue weighted by atomic mass is 9.78. The number of fused-ring (bicyclic) bond motifs is 1. The van der Waals surface area contributed by atoms with Crippen molar-refractivity contribution in [1.29, 1.82) is 0 Å². The zero-order valence-corrected chi connectivity index (χ0v) is 20.2. The summed E-state index contributed by atoms with van der Waals surface area (Å²) >= 11 is 0. The molecular formula is C25H37NO8. The predicted octanol–water partition coefficient (Wildman–Crippen LogP) is 1.91. The highest BCUT2D eigenvalue weighted by Crippen LogP contribution is 2.59. The van der Waals surface area contributed by atoms with Crippen LogP contribution in [0.2, 0.25) is 0 Å². The smallest absolute Gasteiger partial charge is 0.320 e. The first-order chi connectivity index (χ1) is 16.4. The van der Waals surface area contributed by atoms with Crippen LogP contribution in [0.15, 0.2) is 0 Å². The quantitative estimate of drug-likeness (QED) is 0.294. The van der Waals surface area contributed by atoms with Gasteiger partial charge in [0.25, 0.3) is 0 Å². The van der Waals surface area contributed by atoms with Gasteiger partial charge in [-0.05, 0) is 19.3 Å². The van der Waals surface area contributed by atoms with Gasteiger partial charge in [0, 0.05) is 30.8 Å². The molecule has 0 amide bonds. The Bertz CT molecular complexity index is 775. The van der Waals surface area contributed by atoms with Crippen LogP contribution >= 0.6 is 0 Å². The molecule has 0 N–H and O–H groups in total. The number of hydrogen-bond acceptors (Lipinski definition) is 9. The van der Waals surface area contributed by atoms with Gasteiger partial charge in [-0.3, -0.25) is 19.3 Å². The molecule has 0 aromatic rings. The van der Waals surface area contributed by atoms with E-state index in [0.717, 1.165) is 25.7 Å². The van der Waals surface area contributed by atoms with E-state index in [-0.39, 0.29) is 42.3 Å². The lowest BCUT2D eigenvalue weighted by Gasteiger charge is -2.34. The fourth-order valence-corrected chi connectivity index (χ4v) is 6.50. The minimum Gasteiger partial charge on any atom is -0.458 e. The molecule has 5 fully saturated rings. The Hall–Kier alpha value is -1.71. The van der Waals surface area contributed by atoms with Crippen LogP contribution in [0.3, 0.4) is 0 Å². The fourth-order valence-electron chi connectivity index (χ4n) is 6.50. The van der Waals surface area contributed by atoms with E-state index in [2.05, 4.69) is 0 Å². The molecule has 2 aliphatic heterocycles. The molecule has 7 atom stereocenters. The first-order valence-corrected chi connectivity index (χ1v) is 13.0. The predicted molar refractivity (Wildman–Crippen MR) is 118 cm³/mol. The minimum atomic E-state index is -0.659. The monoisotopic (exact) mass is 479 g/mol. The van der Waals surface area contributed by atoms with Crippen molar-refractivity contribution in [2.75, 3.05) is 32.8 Å². The largest absolute Gasteiger partial charge is 0.458 e. The molecule has 5 rings (SSSR count). The van der Waals surface area contributed by atoms with E-state index < -0.39 is 36.3 Å². The number of nitrogens with zero attached hydrogens (tertiary/aromatic N) is 1. The molecule has 0 spiro atoms. The second-order valence-electron chi connectivity index (χ2n) is 10.8. The van der Waals surface area contributed by atoms with E-state index in [9.17, 15) is 14.4 Å². The van der Waals surface area contributed by atoms with Gasteiger partial charge in [-0.15, -0.1) is 0 Å². The topological polar surface area (TPSA) is 101 Å². The third kappa shape index (κ3) is 4.71. The Morgan fingerprint density at radius 1 is 1.09 bits per heavy atom. The summed E-state index contributed by atoms with van der Waals surface area (Å²) in [5, 5.41) is 0. The average Bonchev–Trinajstić information content (AvgIpc) is 3.44. The molecule has 5 aliphatic rings. The molecule has 34 heavy (non-hydrogen) atoms. The molecule has 2 heterocycles. The zero-order chi connectivity index (χ0) is 23.8. The molecule has 9 nitrogen and oxygen atoms in total. The minimum absolute atomic E-state index is 0.00473. The van der Waals surface area contributed by atoms with Gasteiger partial charge in [0.05, 0.1) is 37.7 Å². The van der Waals surface area contributed by atoms with Crippen molar-refractivity contribution >= 4 is 17.9 Å². The van der Waals surface area contributed by atoms with E-state index in [1.165, 1.54) is 6.42 Å². The fraction of sp³-hybridized carbons (Fsp3) is 0.880. The van der Waals surface area contributed by atoms with Gasteiger partial charge in [0.15, 0.2) is 0 Å². The van der Waals surface area contributed by atoms with Crippen LogP contribution in [0.25, 0.3) is 0 Å². The standard InChI is InChI=1S/C25H37NO8/c1-14(2)25(31-15-6-4-3-5-7-15)34-24(29)20-16-12-17-19(20)23(28)33-22(17)21(16)32-18(27)13-26-8-10-30-11-9-26/h14-17,19-22,25H,3-13H2,1-2H3. The van der Waals surface area contributed by atoms with Crippen molar-refractivity contribution < 1.29 is 38.1 Å². The Kier molecular flexibility index (Phi) is 7.14. The normalized spacial score (nSPS) is 36.5. The molecule has 2 saturated heterocycles. The van der Waals surface area contributed by atoms with Crippen LogP contribution in [0.5, 0.6) is 0 Å². The molecule has 0 aromatic heterocycles. The first-order valence-electron chi connectivity index (χ1n) is 13.0. The summed E-state index contributed by atoms with van der Waals surface area (Å²) in [5.74, 6) is -2.71. The lowest BCUT2D eigenvalue weighted by Crippen LogP contribution is -2.47. The molecule has 7 unspecified atom stereocenters. The maximum atomic E-state index is 13.4. The summed E-state index contributed by atoms with van der Waals surface area (Å²) in [4.78, 5) is 40.7. The molecule has 9 heteroatoms. The maximum Gasteiger partial charge on any atom is 0.320 e. The van der Waals surface area contributed by atoms with Gasteiger partial charge in [-0.2, -0.15) is 0 Å². The SMILES string of the molecule is CC(C)C(OC(=O)C1C2CC3C(OC(=O)C31)C2OC(=O)CN1CCOCC1)OC1CCCCC1. The van der Waals surface area contributed by atoms with Crippen molar-refractivity contribution in [2.24, 2.45) is 29.6 Å². The van der Waals surface area contributed by atoms with Crippen molar-refractivity contribution in [1.82, 2.24) is 4.90 Å². The number of rotatable bonds is 8. The van der Waals surface area contributed by atoms with Crippen molar-refractivity contribution in [3.05, 3.63) is 0 Å². The highest BCUT2D eigenvalue weighted by Gasteiger charge is 2.70. The number of carbonyl (C=O) groups is 3. The van der Waals surface area contributed by atoms with Crippen LogP contribution in [-0.4, -0.2) is 80.3 Å². The van der Waals surface area contributed by atoms with E-state index in [1.807, 2.05) is 18.7 Å². The summed E-state index contributed by atoms with van der Waals surface area (Å²) in [6, 6.07) is 0. The van der Waals surface area contributed by atoms with Gasteiger partial charge in [0.2, 0.25) is 6.29 Å². The summed E-state index contributed by atoms with van der Waals surface area (Å²) in [6.07, 6.45) is 4.45. The van der Waals surface area contributed by atoms with Gasteiger partial charge in [-0.25, -0.2) is 0 Å². The molecule has 2 bridgehead atoms. The van der Waals surface area contributed by atoms with E-state index in [0.29, 0.717) is 32.7 Å². The van der Waals surface area contributed by atoms with Gasteiger partial charge in [0.1, 0.15) is 12.2 Å². The molecule has 0 aromatic carbocycles. The highest BCUT2D eigenvalue weighted by molar-refractivity contribution is 5.86. The third-order valence-electron chi connectivity index (χ3n) is 8.20. The second-order valence-corrected chi connectivity index (χ2v) is 10.8. The summed E-state index contributed by atoms with van der Waals surface area (Å²) < 4.78 is 28.9. The maximum absolute atomic E-state index is 13.4. The lowest BCUT2D eigenvalue weighted by molar-refractivity contribution is -0.212. The first kappa shape index (κ1) is 24.0. The number of esters is 3. The number of morpholine rings is 1. The Balaban J connectivity index is 1.24. The molecular weight excluding hydrogens is 442 g/mol. The van der Waals surface area contributed by atoms with Gasteiger partial charge >= 0.3 is 17.9 Å². The van der Waals surface area contributed by atoms with Gasteiger partial charge < -0.3 is 23.7 Å². The molecule has 3 saturated carbocycles. The van der Waals surface area contributed by atoms with Gasteiger partial charge in [-0.1, -0.05) is 33.1 Å². The van der Waals surface area contributed by atoms with Crippen LogP contribution in [0.4, 0.5) is 0 Å². The van der Waals surface area contributed by atoms with Crippen LogP contribution in [0, 0.1) is 29.6 Å². The van der Waals surface area contributed by atoms with E-state index in [4.69, 9.17) is 23.7 Å². The summed E-state index contributed by atoms with van der Waals surface area (Å²) in [5.41, 5.74) is 0. The Morgan fingerprint density at radius 3 is 2.53 bits per heavy atom. The van der Waals surface area contributed by atoms with Crippen LogP contribution < -0.4 is 0 Å². The number of ether oxygens (including phenoxy) is 5. The van der Waals surface area contributed by atoms with Crippen molar-refractivity contribution in [3.63, 3.8) is 0 Å². The van der Waals surface area contributed by atoms with E-state index in [1.54, 1.807) is 0 Å². The molecule has 0 radical (unpaired) electrons. The van der Waals surface area contributed by atoms with Crippen molar-refractivity contribution in [3.8, 4) is 0 Å². The van der Waals surface area contributed by atoms with Crippen LogP contribution in [0.1, 0.15) is 52.4 Å². The summed E-state index contributed by atoms with van der Waals surface area (Å²) in [6.45, 7) is 6.66. The second kappa shape index (κ2) is 10.1. The highest BCUT2D eigenvalue weighted by atomic mass is 16.7. The van der Waals surface area contributed by atoms with Crippen LogP contribution in [-0.2, 0) is 38.1 Å². The van der Waals surface area contributed by atoms with Crippen molar-refractivity contribution in [2.45, 2.75) is 77.0 Å². The Labute approximate surface area is 200 Å². The number of hydrogen-bond donors (Lipinski definition) is 0. The zero-order valence-electron chi connectivity index (χ0n) is 20.2. The third-order valence-corrected chi connectivity index (χ3v) is 8.20. The number of carbonyl (C=O) groups excluding carboxylic acids is 3. The van der Waals surface area contributed by atoms with E-state index >= 15 is 0 Å². The summed E-state index contributed by atoms with van der Waals surface area (Å²) in [7, 11) is 0.